The van der Waals surface area contributed by atoms with Crippen molar-refractivity contribution in [1.82, 2.24) is 5.32 Å². The lowest BCUT2D eigenvalue weighted by atomic mass is 10.1. The zero-order valence-corrected chi connectivity index (χ0v) is 12.7. The van der Waals surface area contributed by atoms with Gasteiger partial charge in [-0.3, -0.25) is 14.9 Å². The zero-order chi connectivity index (χ0) is 16.8. The molecule has 1 aromatic carbocycles. The van der Waals surface area contributed by atoms with E-state index in [1.807, 2.05) is 20.8 Å². The van der Waals surface area contributed by atoms with Gasteiger partial charge < -0.3 is 10.1 Å². The molecular formula is C15H18N2O5. The molecule has 0 bridgehead atoms. The van der Waals surface area contributed by atoms with E-state index in [2.05, 4.69) is 5.32 Å². The lowest BCUT2D eigenvalue weighted by molar-refractivity contribution is -0.384. The predicted molar refractivity (Wildman–Crippen MR) is 81.0 cm³/mol. The molecule has 0 fully saturated rings. The first-order valence-electron chi connectivity index (χ1n) is 6.58. The molecule has 0 heterocycles. The summed E-state index contributed by atoms with van der Waals surface area (Å²) in [4.78, 5) is 32.9. The first kappa shape index (κ1) is 17.4. The monoisotopic (exact) mass is 306 g/mol. The van der Waals surface area contributed by atoms with Gasteiger partial charge in [-0.1, -0.05) is 0 Å². The third kappa shape index (κ3) is 6.65. The number of nitrogens with one attached hydrogen (secondary N) is 1. The van der Waals surface area contributed by atoms with Crippen molar-refractivity contribution in [2.45, 2.75) is 26.3 Å². The van der Waals surface area contributed by atoms with Gasteiger partial charge in [-0.05, 0) is 44.5 Å². The summed E-state index contributed by atoms with van der Waals surface area (Å²) < 4.78 is 4.79. The number of hydrogen-bond acceptors (Lipinski definition) is 5. The zero-order valence-electron chi connectivity index (χ0n) is 12.7. The second-order valence-corrected chi connectivity index (χ2v) is 5.59. The average molecular weight is 306 g/mol. The number of hydrogen-bond donors (Lipinski definition) is 1. The molecule has 0 aliphatic heterocycles. The molecular weight excluding hydrogens is 288 g/mol. The summed E-state index contributed by atoms with van der Waals surface area (Å²) in [5.41, 5.74) is 0.193. The number of nitro benzene ring substituents is 1. The Labute approximate surface area is 128 Å². The van der Waals surface area contributed by atoms with Crippen LogP contribution in [-0.4, -0.2) is 28.9 Å². The molecule has 1 N–H and O–H groups in total. The fraction of sp³-hybridized carbons (Fsp3) is 0.333. The van der Waals surface area contributed by atoms with Gasteiger partial charge in [0.2, 0.25) is 0 Å². The van der Waals surface area contributed by atoms with Gasteiger partial charge in [0.1, 0.15) is 0 Å². The molecule has 1 aromatic rings. The number of benzene rings is 1. The molecule has 0 aliphatic rings. The molecule has 1 rings (SSSR count). The van der Waals surface area contributed by atoms with E-state index in [1.54, 1.807) is 0 Å². The quantitative estimate of drug-likeness (QED) is 0.388. The minimum atomic E-state index is -0.664. The second kappa shape index (κ2) is 7.35. The Morgan fingerprint density at radius 2 is 1.86 bits per heavy atom. The van der Waals surface area contributed by atoms with E-state index in [0.717, 1.165) is 6.08 Å². The van der Waals surface area contributed by atoms with Gasteiger partial charge in [0.15, 0.2) is 6.61 Å². The average Bonchev–Trinajstić information content (AvgIpc) is 2.41. The van der Waals surface area contributed by atoms with Crippen molar-refractivity contribution in [2.24, 2.45) is 0 Å². The number of carbonyl (C=O) groups excluding carboxylic acids is 2. The van der Waals surface area contributed by atoms with Gasteiger partial charge >= 0.3 is 5.97 Å². The Balaban J connectivity index is 2.47. The lowest BCUT2D eigenvalue weighted by Crippen LogP contribution is -2.42. The van der Waals surface area contributed by atoms with Crippen LogP contribution in [0, 0.1) is 10.1 Å². The molecule has 1 amide bonds. The van der Waals surface area contributed by atoms with E-state index < -0.39 is 16.4 Å². The maximum Gasteiger partial charge on any atom is 0.331 e. The summed E-state index contributed by atoms with van der Waals surface area (Å²) in [6, 6.07) is 5.69. The molecule has 0 spiro atoms. The van der Waals surface area contributed by atoms with Gasteiger partial charge in [0, 0.05) is 23.7 Å². The van der Waals surface area contributed by atoms with Gasteiger partial charge in [0.05, 0.1) is 4.92 Å². The molecule has 0 atom stereocenters. The summed E-state index contributed by atoms with van der Waals surface area (Å²) in [5.74, 6) is -1.05. The molecule has 0 aliphatic carbocycles. The number of nitrogens with zero attached hydrogens (tertiary/aromatic N) is 1. The van der Waals surface area contributed by atoms with Gasteiger partial charge in [0.25, 0.3) is 11.6 Å². The molecule has 22 heavy (non-hydrogen) atoms. The number of rotatable bonds is 5. The van der Waals surface area contributed by atoms with Crippen molar-refractivity contribution in [3.05, 3.63) is 46.0 Å². The first-order chi connectivity index (χ1) is 10.2. The van der Waals surface area contributed by atoms with Crippen molar-refractivity contribution >= 4 is 23.6 Å². The number of nitro groups is 1. The minimum absolute atomic E-state index is 0.0291. The molecule has 7 nitrogen and oxygen atoms in total. The normalized spacial score (nSPS) is 11.2. The Morgan fingerprint density at radius 3 is 2.36 bits per heavy atom. The molecule has 118 valence electrons. The van der Waals surface area contributed by atoms with Crippen molar-refractivity contribution < 1.29 is 19.2 Å². The van der Waals surface area contributed by atoms with Gasteiger partial charge in [-0.2, -0.15) is 0 Å². The largest absolute Gasteiger partial charge is 0.452 e. The topological polar surface area (TPSA) is 98.5 Å². The summed E-state index contributed by atoms with van der Waals surface area (Å²) in [7, 11) is 0. The van der Waals surface area contributed by atoms with E-state index in [0.29, 0.717) is 5.56 Å². The molecule has 7 heteroatoms. The van der Waals surface area contributed by atoms with Crippen LogP contribution in [0.2, 0.25) is 0 Å². The first-order valence-corrected chi connectivity index (χ1v) is 6.58. The van der Waals surface area contributed by atoms with Crippen molar-refractivity contribution in [3.63, 3.8) is 0 Å². The lowest BCUT2D eigenvalue weighted by Gasteiger charge is -2.20. The number of esters is 1. The molecule has 0 saturated heterocycles. The van der Waals surface area contributed by atoms with Gasteiger partial charge in [-0.25, -0.2) is 4.79 Å². The number of non-ortho nitro benzene ring substituents is 1. The van der Waals surface area contributed by atoms with Crippen molar-refractivity contribution in [3.8, 4) is 0 Å². The summed E-state index contributed by atoms with van der Waals surface area (Å²) >= 11 is 0. The van der Waals surface area contributed by atoms with Gasteiger partial charge in [-0.15, -0.1) is 0 Å². The minimum Gasteiger partial charge on any atom is -0.452 e. The summed E-state index contributed by atoms with van der Waals surface area (Å²) in [5, 5.41) is 13.2. The highest BCUT2D eigenvalue weighted by atomic mass is 16.6. The Bertz CT molecular complexity index is 585. The van der Waals surface area contributed by atoms with Crippen molar-refractivity contribution in [2.75, 3.05) is 6.61 Å². The standard InChI is InChI=1S/C15H18N2O5/c1-15(2,3)16-13(18)10-22-14(19)9-6-11-4-7-12(8-5-11)17(20)21/h4-9H,10H2,1-3H3,(H,16,18)/b9-6+. The van der Waals surface area contributed by atoms with E-state index in [-0.39, 0.29) is 18.2 Å². The fourth-order valence-corrected chi connectivity index (χ4v) is 1.51. The maximum atomic E-state index is 11.5. The Hall–Kier alpha value is -2.70. The Morgan fingerprint density at radius 1 is 1.27 bits per heavy atom. The van der Waals surface area contributed by atoms with Crippen LogP contribution in [0.3, 0.4) is 0 Å². The molecule has 0 unspecified atom stereocenters. The highest BCUT2D eigenvalue weighted by Gasteiger charge is 2.14. The van der Waals surface area contributed by atoms with Crippen LogP contribution in [0.4, 0.5) is 5.69 Å². The van der Waals surface area contributed by atoms with Crippen LogP contribution in [0.15, 0.2) is 30.3 Å². The number of carbonyl (C=O) groups is 2. The van der Waals surface area contributed by atoms with Crippen LogP contribution < -0.4 is 5.32 Å². The van der Waals surface area contributed by atoms with E-state index in [1.165, 1.54) is 30.3 Å². The maximum absolute atomic E-state index is 11.5. The van der Waals surface area contributed by atoms with E-state index >= 15 is 0 Å². The van der Waals surface area contributed by atoms with Crippen molar-refractivity contribution in [1.29, 1.82) is 0 Å². The Kier molecular flexibility index (Phi) is 5.80. The fourth-order valence-electron chi connectivity index (χ4n) is 1.51. The molecule has 0 aromatic heterocycles. The number of ether oxygens (including phenoxy) is 1. The molecule has 0 radical (unpaired) electrons. The SMILES string of the molecule is CC(C)(C)NC(=O)COC(=O)/C=C/c1ccc([N+](=O)[O-])cc1. The van der Waals surface area contributed by atoms with Crippen LogP contribution >= 0.6 is 0 Å². The summed E-state index contributed by atoms with van der Waals surface area (Å²) in [6.07, 6.45) is 2.61. The predicted octanol–water partition coefficient (Wildman–Crippen LogP) is 2.07. The number of amides is 1. The van der Waals surface area contributed by atoms with E-state index in [4.69, 9.17) is 4.74 Å². The van der Waals surface area contributed by atoms with Crippen LogP contribution in [-0.2, 0) is 14.3 Å². The third-order valence-electron chi connectivity index (χ3n) is 2.38. The van der Waals surface area contributed by atoms with Crippen LogP contribution in [0.5, 0.6) is 0 Å². The highest BCUT2D eigenvalue weighted by molar-refractivity contribution is 5.89. The third-order valence-corrected chi connectivity index (χ3v) is 2.38. The molecule has 0 saturated carbocycles. The van der Waals surface area contributed by atoms with Crippen LogP contribution in [0.25, 0.3) is 6.08 Å². The second-order valence-electron chi connectivity index (χ2n) is 5.59. The smallest absolute Gasteiger partial charge is 0.331 e. The summed E-state index contributed by atoms with van der Waals surface area (Å²) in [6.45, 7) is 5.10. The van der Waals surface area contributed by atoms with E-state index in [9.17, 15) is 19.7 Å². The van der Waals surface area contributed by atoms with Crippen LogP contribution in [0.1, 0.15) is 26.3 Å². The highest BCUT2D eigenvalue weighted by Crippen LogP contribution is 2.12.